The Labute approximate surface area is 214 Å². The van der Waals surface area contributed by atoms with Gasteiger partial charge in [-0.05, 0) is 62.4 Å². The first-order chi connectivity index (χ1) is 17.6. The highest BCUT2D eigenvalue weighted by Gasteiger charge is 2.36. The lowest BCUT2D eigenvalue weighted by atomic mass is 9.92. The average Bonchev–Trinajstić information content (AvgIpc) is 2.89. The molecule has 4 rings (SSSR count). The van der Waals surface area contributed by atoms with Crippen LogP contribution in [0.25, 0.3) is 0 Å². The number of nitrogens with zero attached hydrogens (tertiary/aromatic N) is 3. The van der Waals surface area contributed by atoms with E-state index in [0.717, 1.165) is 30.9 Å². The fraction of sp³-hybridized carbons (Fsp3) is 0.500. The van der Waals surface area contributed by atoms with Crippen LogP contribution in [0.3, 0.4) is 0 Å². The second-order valence-corrected chi connectivity index (χ2v) is 9.60. The minimum Gasteiger partial charge on any atom is -0.382 e. The summed E-state index contributed by atoms with van der Waals surface area (Å²) in [6, 6.07) is 12.1. The largest absolute Gasteiger partial charge is 0.418 e. The van der Waals surface area contributed by atoms with Crippen LogP contribution in [-0.2, 0) is 15.7 Å². The van der Waals surface area contributed by atoms with Crippen LogP contribution in [0.2, 0.25) is 0 Å². The van der Waals surface area contributed by atoms with Crippen LogP contribution in [0.4, 0.5) is 30.2 Å². The number of anilines is 3. The third-order valence-corrected chi connectivity index (χ3v) is 7.09. The fourth-order valence-corrected chi connectivity index (χ4v) is 4.97. The molecule has 1 aliphatic carbocycles. The number of carbonyl (C=O) groups is 1. The number of ether oxygens (including phenoxy) is 1. The molecule has 0 spiro atoms. The minimum atomic E-state index is -4.74. The Morgan fingerprint density at radius 3 is 2.30 bits per heavy atom. The summed E-state index contributed by atoms with van der Waals surface area (Å²) in [7, 11) is 0. The molecule has 2 aromatic rings. The van der Waals surface area contributed by atoms with Crippen molar-refractivity contribution in [3.63, 3.8) is 0 Å². The van der Waals surface area contributed by atoms with Crippen molar-refractivity contribution in [2.75, 3.05) is 48.2 Å². The summed E-state index contributed by atoms with van der Waals surface area (Å²) in [5.41, 5.74) is 0.0600. The average molecular weight is 523 g/mol. The number of halogens is 3. The highest BCUT2D eigenvalue weighted by atomic mass is 19.4. The Morgan fingerprint density at radius 1 is 1.05 bits per heavy atom. The molecule has 2 aromatic carbocycles. The lowest BCUT2D eigenvalue weighted by molar-refractivity contribution is -0.139. The molecule has 0 atom stereocenters. The van der Waals surface area contributed by atoms with Crippen molar-refractivity contribution in [3.8, 4) is 0 Å². The fourth-order valence-electron chi connectivity index (χ4n) is 4.97. The van der Waals surface area contributed by atoms with Crippen molar-refractivity contribution in [2.45, 2.75) is 50.9 Å². The van der Waals surface area contributed by atoms with Crippen molar-refractivity contribution in [2.24, 2.45) is 0 Å². The van der Waals surface area contributed by atoms with Crippen molar-refractivity contribution in [1.82, 2.24) is 4.90 Å². The Morgan fingerprint density at radius 2 is 1.70 bits per heavy atom. The highest BCUT2D eigenvalue weighted by molar-refractivity contribution is 5.77. The first kappa shape index (κ1) is 27.0. The third kappa shape index (κ3) is 6.85. The van der Waals surface area contributed by atoms with Gasteiger partial charge in [-0.15, -0.1) is 5.23 Å². The molecule has 2 aliphatic rings. The molecular weight excluding hydrogens is 489 g/mol. The summed E-state index contributed by atoms with van der Waals surface area (Å²) in [5.74, 6) is -0.0230. The molecule has 1 saturated heterocycles. The summed E-state index contributed by atoms with van der Waals surface area (Å²) in [6.45, 7) is 4.49. The molecule has 1 saturated carbocycles. The smallest absolute Gasteiger partial charge is 0.382 e. The highest BCUT2D eigenvalue weighted by Crippen LogP contribution is 2.39. The van der Waals surface area contributed by atoms with E-state index in [1.165, 1.54) is 0 Å². The van der Waals surface area contributed by atoms with Gasteiger partial charge in [0, 0.05) is 43.6 Å². The number of hydrogen-bond donors (Lipinski definition) is 3. The molecule has 0 aromatic heterocycles. The molecule has 0 bridgehead atoms. The Balaban J connectivity index is 1.23. The second kappa shape index (κ2) is 11.6. The molecule has 202 valence electrons. The number of carbonyl (C=O) groups excluding carboxylic acids is 1. The van der Waals surface area contributed by atoms with E-state index in [4.69, 9.17) is 4.74 Å². The number of amides is 1. The van der Waals surface area contributed by atoms with Gasteiger partial charge in [-0.3, -0.25) is 15.2 Å². The van der Waals surface area contributed by atoms with Gasteiger partial charge in [-0.2, -0.15) is 13.2 Å². The standard InChI is InChI=1S/C26H33F3N4O4/c1-18-15-24(33(35)36)22(26(27,28)29)16-23(18)30-19-7-9-21(10-8-19)37-17-25(34)32-13-11-31(12-14-32)20-5-3-2-4-6-20/h2-6,15-16,19,21,30,35-36H,7-14,17H2,1H3. The van der Waals surface area contributed by atoms with Gasteiger partial charge in [-0.1, -0.05) is 18.2 Å². The molecule has 8 nitrogen and oxygen atoms in total. The Hall–Kier alpha value is -3.02. The zero-order chi connectivity index (χ0) is 26.6. The molecule has 0 unspecified atom stereocenters. The normalized spacial score (nSPS) is 20.6. The first-order valence-corrected chi connectivity index (χ1v) is 12.5. The van der Waals surface area contributed by atoms with Gasteiger partial charge in [0.1, 0.15) is 12.3 Å². The van der Waals surface area contributed by atoms with Gasteiger partial charge in [0.15, 0.2) is 0 Å². The van der Waals surface area contributed by atoms with Crippen molar-refractivity contribution < 1.29 is 33.1 Å². The predicted molar refractivity (Wildman–Crippen MR) is 133 cm³/mol. The lowest BCUT2D eigenvalue weighted by Crippen LogP contribution is -2.50. The number of hydrogen-bond acceptors (Lipinski definition) is 7. The first-order valence-electron chi connectivity index (χ1n) is 12.5. The maximum absolute atomic E-state index is 13.4. The minimum absolute atomic E-state index is 0.0230. The van der Waals surface area contributed by atoms with Gasteiger partial charge in [0.2, 0.25) is 5.91 Å². The molecule has 37 heavy (non-hydrogen) atoms. The third-order valence-electron chi connectivity index (χ3n) is 7.09. The van der Waals surface area contributed by atoms with Crippen LogP contribution >= 0.6 is 0 Å². The molecule has 1 amide bonds. The van der Waals surface area contributed by atoms with E-state index in [1.807, 2.05) is 23.1 Å². The molecule has 3 N–H and O–H groups in total. The summed E-state index contributed by atoms with van der Waals surface area (Å²) < 4.78 is 46.1. The van der Waals surface area contributed by atoms with Gasteiger partial charge < -0.3 is 19.9 Å². The Bertz CT molecular complexity index is 1050. The van der Waals surface area contributed by atoms with Crippen LogP contribution in [0.1, 0.15) is 36.8 Å². The lowest BCUT2D eigenvalue weighted by Gasteiger charge is -2.36. The van der Waals surface area contributed by atoms with Crippen LogP contribution in [0.5, 0.6) is 0 Å². The second-order valence-electron chi connectivity index (χ2n) is 9.60. The van der Waals surface area contributed by atoms with Gasteiger partial charge in [0.05, 0.1) is 11.7 Å². The van der Waals surface area contributed by atoms with Crippen LogP contribution in [0, 0.1) is 6.92 Å². The molecule has 1 heterocycles. The van der Waals surface area contributed by atoms with Gasteiger partial charge in [0.25, 0.3) is 0 Å². The number of aryl methyl sites for hydroxylation is 1. The monoisotopic (exact) mass is 522 g/mol. The number of alkyl halides is 3. The summed E-state index contributed by atoms with van der Waals surface area (Å²) in [4.78, 5) is 16.7. The topological polar surface area (TPSA) is 88.5 Å². The van der Waals surface area contributed by atoms with Crippen molar-refractivity contribution in [1.29, 1.82) is 0 Å². The van der Waals surface area contributed by atoms with E-state index >= 15 is 0 Å². The van der Waals surface area contributed by atoms with E-state index < -0.39 is 22.7 Å². The van der Waals surface area contributed by atoms with E-state index in [-0.39, 0.29) is 24.7 Å². The number of nitrogens with one attached hydrogen (secondary N) is 1. The van der Waals surface area contributed by atoms with E-state index in [9.17, 15) is 28.4 Å². The quantitative estimate of drug-likeness (QED) is 0.455. The molecule has 1 aliphatic heterocycles. The Kier molecular flexibility index (Phi) is 8.46. The van der Waals surface area contributed by atoms with E-state index in [2.05, 4.69) is 22.3 Å². The van der Waals surface area contributed by atoms with Crippen molar-refractivity contribution in [3.05, 3.63) is 53.6 Å². The van der Waals surface area contributed by atoms with Crippen LogP contribution < -0.4 is 15.4 Å². The number of para-hydroxylation sites is 1. The van der Waals surface area contributed by atoms with E-state index in [1.54, 1.807) is 6.92 Å². The molecule has 11 heteroatoms. The van der Waals surface area contributed by atoms with Gasteiger partial charge in [-0.25, -0.2) is 0 Å². The SMILES string of the molecule is Cc1cc(N(O)O)c(C(F)(F)F)cc1NC1CCC(OCC(=O)N2CCN(c3ccccc3)CC2)CC1. The zero-order valence-electron chi connectivity index (χ0n) is 20.7. The number of piperazine rings is 1. The zero-order valence-corrected chi connectivity index (χ0v) is 20.7. The van der Waals surface area contributed by atoms with E-state index in [0.29, 0.717) is 50.0 Å². The van der Waals surface area contributed by atoms with Crippen LogP contribution in [0.15, 0.2) is 42.5 Å². The van der Waals surface area contributed by atoms with Gasteiger partial charge >= 0.3 is 6.18 Å². The predicted octanol–water partition coefficient (Wildman–Crippen LogP) is 4.69. The van der Waals surface area contributed by atoms with Crippen molar-refractivity contribution >= 4 is 23.0 Å². The summed E-state index contributed by atoms with van der Waals surface area (Å²) in [5, 5.41) is 21.0. The maximum atomic E-state index is 13.4. The number of benzene rings is 2. The molecular formula is C26H33F3N4O4. The molecule has 2 fully saturated rings. The number of rotatable bonds is 7. The van der Waals surface area contributed by atoms with Crippen LogP contribution in [-0.4, -0.2) is 66.2 Å². The summed E-state index contributed by atoms with van der Waals surface area (Å²) >= 11 is 0. The maximum Gasteiger partial charge on any atom is 0.418 e. The molecule has 0 radical (unpaired) electrons. The summed E-state index contributed by atoms with van der Waals surface area (Å²) in [6.07, 6.45) is -2.06.